The fourth-order valence-electron chi connectivity index (χ4n) is 1.12. The van der Waals surface area contributed by atoms with Gasteiger partial charge in [-0.2, -0.15) is 13.2 Å². The minimum absolute atomic E-state index is 0.0742. The number of alkyl halides is 3. The van der Waals surface area contributed by atoms with Crippen LogP contribution in [0.2, 0.25) is 0 Å². The minimum atomic E-state index is -4.20. The van der Waals surface area contributed by atoms with Crippen LogP contribution in [-0.2, 0) is 0 Å². The van der Waals surface area contributed by atoms with Crippen molar-refractivity contribution in [1.29, 1.82) is 0 Å². The van der Waals surface area contributed by atoms with Gasteiger partial charge in [-0.25, -0.2) is 4.39 Å². The minimum Gasteiger partial charge on any atom is -0.491 e. The number of ether oxygens (including phenoxy) is 1. The van der Waals surface area contributed by atoms with E-state index in [0.717, 1.165) is 6.07 Å². The molecule has 1 aromatic carbocycles. The van der Waals surface area contributed by atoms with Gasteiger partial charge in [0.2, 0.25) is 0 Å². The maximum Gasteiger partial charge on any atom is 0.389 e. The highest BCUT2D eigenvalue weighted by Gasteiger charge is 2.26. The van der Waals surface area contributed by atoms with Gasteiger partial charge in [0.1, 0.15) is 11.6 Å². The van der Waals surface area contributed by atoms with E-state index in [9.17, 15) is 17.6 Å². The van der Waals surface area contributed by atoms with Crippen molar-refractivity contribution in [2.24, 2.45) is 0 Å². The highest BCUT2D eigenvalue weighted by Crippen LogP contribution is 2.27. The Morgan fingerprint density at radius 2 is 1.94 bits per heavy atom. The first kappa shape index (κ1) is 14.3. The summed E-state index contributed by atoms with van der Waals surface area (Å²) >= 11 is 1.76. The van der Waals surface area contributed by atoms with E-state index in [0.29, 0.717) is 3.57 Å². The molecule has 17 heavy (non-hydrogen) atoms. The molecule has 7 heteroatoms. The maximum absolute atomic E-state index is 13.1. The Hall–Kier alpha value is -0.730. The first-order chi connectivity index (χ1) is 7.79. The number of hydrogen-bond acceptors (Lipinski definition) is 2. The fourth-order valence-corrected chi connectivity index (χ4v) is 1.61. The second kappa shape index (κ2) is 5.74. The molecule has 0 saturated heterocycles. The van der Waals surface area contributed by atoms with E-state index in [4.69, 9.17) is 10.5 Å². The van der Waals surface area contributed by atoms with Crippen LogP contribution in [0.4, 0.5) is 23.2 Å². The van der Waals surface area contributed by atoms with E-state index in [1.54, 1.807) is 22.6 Å². The monoisotopic (exact) mass is 363 g/mol. The summed E-state index contributed by atoms with van der Waals surface area (Å²) in [7, 11) is 0. The molecule has 0 saturated carbocycles. The molecule has 0 aromatic heterocycles. The van der Waals surface area contributed by atoms with Crippen molar-refractivity contribution < 1.29 is 22.3 Å². The van der Waals surface area contributed by atoms with Crippen LogP contribution in [0.5, 0.6) is 5.75 Å². The molecular weight excluding hydrogens is 353 g/mol. The van der Waals surface area contributed by atoms with Gasteiger partial charge in [0, 0.05) is 12.5 Å². The largest absolute Gasteiger partial charge is 0.491 e. The lowest BCUT2D eigenvalue weighted by molar-refractivity contribution is -0.136. The molecule has 0 atom stereocenters. The molecule has 0 spiro atoms. The van der Waals surface area contributed by atoms with Crippen LogP contribution in [0, 0.1) is 9.39 Å². The predicted octanol–water partition coefficient (Wildman–Crippen LogP) is 3.73. The lowest BCUT2D eigenvalue weighted by atomic mass is 10.3. The van der Waals surface area contributed by atoms with Gasteiger partial charge in [-0.05, 0) is 35.1 Å². The Bertz CT molecular complexity index is 395. The van der Waals surface area contributed by atoms with E-state index in [1.165, 1.54) is 6.07 Å². The van der Waals surface area contributed by atoms with Gasteiger partial charge < -0.3 is 10.5 Å². The molecule has 0 bridgehead atoms. The predicted molar refractivity (Wildman–Crippen MR) is 64.3 cm³/mol. The third-order valence-electron chi connectivity index (χ3n) is 1.91. The van der Waals surface area contributed by atoms with Crippen molar-refractivity contribution >= 4 is 28.3 Å². The summed E-state index contributed by atoms with van der Waals surface area (Å²) in [5, 5.41) is 0. The molecule has 0 amide bonds. The third-order valence-corrected chi connectivity index (χ3v) is 2.74. The van der Waals surface area contributed by atoms with Crippen molar-refractivity contribution in [2.75, 3.05) is 12.3 Å². The number of rotatable bonds is 4. The highest BCUT2D eigenvalue weighted by molar-refractivity contribution is 14.1. The summed E-state index contributed by atoms with van der Waals surface area (Å²) < 4.78 is 54.0. The van der Waals surface area contributed by atoms with Crippen molar-refractivity contribution in [3.8, 4) is 5.75 Å². The Morgan fingerprint density at radius 1 is 1.29 bits per heavy atom. The van der Waals surface area contributed by atoms with Crippen LogP contribution >= 0.6 is 22.6 Å². The molecule has 2 nitrogen and oxygen atoms in total. The van der Waals surface area contributed by atoms with E-state index in [2.05, 4.69) is 0 Å². The van der Waals surface area contributed by atoms with Crippen LogP contribution in [-0.4, -0.2) is 12.8 Å². The van der Waals surface area contributed by atoms with E-state index < -0.39 is 18.4 Å². The van der Waals surface area contributed by atoms with Crippen LogP contribution in [0.15, 0.2) is 12.1 Å². The summed E-state index contributed by atoms with van der Waals surface area (Å²) in [6, 6.07) is 2.44. The van der Waals surface area contributed by atoms with Gasteiger partial charge in [0.05, 0.1) is 15.9 Å². The smallest absolute Gasteiger partial charge is 0.389 e. The molecule has 0 aliphatic rings. The normalized spacial score (nSPS) is 11.6. The lowest BCUT2D eigenvalue weighted by Crippen LogP contribution is -2.10. The molecule has 0 radical (unpaired) electrons. The van der Waals surface area contributed by atoms with Crippen LogP contribution < -0.4 is 10.5 Å². The zero-order chi connectivity index (χ0) is 13.1. The average Bonchev–Trinajstić information content (AvgIpc) is 2.18. The van der Waals surface area contributed by atoms with Gasteiger partial charge in [0.25, 0.3) is 0 Å². The van der Waals surface area contributed by atoms with E-state index >= 15 is 0 Å². The van der Waals surface area contributed by atoms with Gasteiger partial charge in [-0.1, -0.05) is 0 Å². The first-order valence-corrected chi connectivity index (χ1v) is 5.81. The summed E-state index contributed by atoms with van der Waals surface area (Å²) in [4.78, 5) is 0. The van der Waals surface area contributed by atoms with Crippen molar-refractivity contribution in [3.05, 3.63) is 21.5 Å². The number of hydrogen-bond donors (Lipinski definition) is 1. The lowest BCUT2D eigenvalue weighted by Gasteiger charge is -2.10. The molecule has 96 valence electrons. The second-order valence-corrected chi connectivity index (χ2v) is 4.53. The first-order valence-electron chi connectivity index (χ1n) is 4.73. The zero-order valence-electron chi connectivity index (χ0n) is 8.65. The summed E-state index contributed by atoms with van der Waals surface area (Å²) in [6.45, 7) is -0.149. The van der Waals surface area contributed by atoms with Gasteiger partial charge in [-0.15, -0.1) is 0 Å². The molecule has 0 fully saturated rings. The molecule has 0 aliphatic heterocycles. The van der Waals surface area contributed by atoms with Crippen LogP contribution in [0.1, 0.15) is 12.8 Å². The Labute approximate surface area is 109 Å². The summed E-state index contributed by atoms with van der Waals surface area (Å²) in [5.41, 5.74) is 5.75. The fraction of sp³-hybridized carbons (Fsp3) is 0.400. The third kappa shape index (κ3) is 4.97. The number of anilines is 1. The Balaban J connectivity index is 2.50. The van der Waals surface area contributed by atoms with Gasteiger partial charge in [0.15, 0.2) is 0 Å². The average molecular weight is 363 g/mol. The molecule has 1 aromatic rings. The number of benzene rings is 1. The molecule has 0 aliphatic carbocycles. The standard InChI is InChI=1S/C10H10F4INO/c11-6-4-9(8(16)5-7(6)15)17-3-1-2-10(12,13)14/h4-5H,1-3,16H2. The number of nitrogen functional groups attached to an aromatic ring is 1. The quantitative estimate of drug-likeness (QED) is 0.383. The second-order valence-electron chi connectivity index (χ2n) is 3.37. The van der Waals surface area contributed by atoms with Crippen molar-refractivity contribution in [2.45, 2.75) is 19.0 Å². The maximum atomic E-state index is 13.1. The highest BCUT2D eigenvalue weighted by atomic mass is 127. The summed E-state index contributed by atoms with van der Waals surface area (Å²) in [6.07, 6.45) is -5.32. The van der Waals surface area contributed by atoms with Crippen LogP contribution in [0.3, 0.4) is 0 Å². The number of nitrogens with two attached hydrogens (primary N) is 1. The van der Waals surface area contributed by atoms with E-state index in [1.807, 2.05) is 0 Å². The number of halogens is 5. The summed E-state index contributed by atoms with van der Waals surface area (Å²) in [5.74, 6) is -0.435. The Morgan fingerprint density at radius 3 is 2.53 bits per heavy atom. The topological polar surface area (TPSA) is 35.2 Å². The SMILES string of the molecule is Nc1cc(I)c(F)cc1OCCCC(F)(F)F. The van der Waals surface area contributed by atoms with E-state index in [-0.39, 0.29) is 24.5 Å². The Kier molecular flexibility index (Phi) is 4.84. The molecule has 1 rings (SSSR count). The molecular formula is C10H10F4INO. The van der Waals surface area contributed by atoms with Crippen LogP contribution in [0.25, 0.3) is 0 Å². The van der Waals surface area contributed by atoms with Gasteiger partial charge >= 0.3 is 6.18 Å². The van der Waals surface area contributed by atoms with Crippen molar-refractivity contribution in [1.82, 2.24) is 0 Å². The van der Waals surface area contributed by atoms with Gasteiger partial charge in [-0.3, -0.25) is 0 Å². The van der Waals surface area contributed by atoms with Crippen molar-refractivity contribution in [3.63, 3.8) is 0 Å². The molecule has 0 unspecified atom stereocenters. The zero-order valence-corrected chi connectivity index (χ0v) is 10.8. The molecule has 0 heterocycles. The molecule has 2 N–H and O–H groups in total.